The third-order valence-corrected chi connectivity index (χ3v) is 4.48. The topological polar surface area (TPSA) is 52.9 Å². The van der Waals surface area contributed by atoms with E-state index in [0.29, 0.717) is 5.92 Å². The first-order valence-corrected chi connectivity index (χ1v) is 8.01. The second-order valence-corrected chi connectivity index (χ2v) is 5.88. The summed E-state index contributed by atoms with van der Waals surface area (Å²) in [7, 11) is 0. The molecule has 0 bridgehead atoms. The lowest BCUT2D eigenvalue weighted by atomic mass is 9.84. The quantitative estimate of drug-likeness (QED) is 0.894. The van der Waals surface area contributed by atoms with Gasteiger partial charge in [0, 0.05) is 0 Å². The van der Waals surface area contributed by atoms with Crippen molar-refractivity contribution in [3.8, 4) is 6.07 Å². The lowest BCUT2D eigenvalue weighted by Crippen LogP contribution is -2.42. The summed E-state index contributed by atoms with van der Waals surface area (Å²) in [6.45, 7) is 2.01. The average molecular weight is 284 g/mol. The molecule has 1 N–H and O–H groups in total. The second kappa shape index (κ2) is 7.83. The third kappa shape index (κ3) is 4.07. The fraction of sp³-hybridized carbons (Fsp3) is 0.556. The molecule has 0 spiro atoms. The molecule has 1 fully saturated rings. The molecule has 0 saturated heterocycles. The van der Waals surface area contributed by atoms with E-state index in [1.807, 2.05) is 37.3 Å². The lowest BCUT2D eigenvalue weighted by Gasteiger charge is -2.27. The third-order valence-electron chi connectivity index (χ3n) is 4.48. The van der Waals surface area contributed by atoms with Gasteiger partial charge in [0.25, 0.3) is 0 Å². The van der Waals surface area contributed by atoms with Crippen molar-refractivity contribution in [2.75, 3.05) is 0 Å². The maximum Gasteiger partial charge on any atom is 0.228 e. The highest BCUT2D eigenvalue weighted by atomic mass is 16.1. The number of hydrogen-bond donors (Lipinski definition) is 1. The van der Waals surface area contributed by atoms with Crippen molar-refractivity contribution in [2.24, 2.45) is 5.92 Å². The molecule has 112 valence electrons. The van der Waals surface area contributed by atoms with Gasteiger partial charge in [0.05, 0.1) is 12.0 Å². The number of amides is 1. The molecule has 2 atom stereocenters. The summed E-state index contributed by atoms with van der Waals surface area (Å²) in [5.41, 5.74) is 1.03. The van der Waals surface area contributed by atoms with Gasteiger partial charge in [-0.25, -0.2) is 0 Å². The van der Waals surface area contributed by atoms with Crippen LogP contribution < -0.4 is 5.32 Å². The molecule has 0 heterocycles. The number of carbonyl (C=O) groups excluding carboxylic acids is 1. The van der Waals surface area contributed by atoms with Gasteiger partial charge in [-0.15, -0.1) is 0 Å². The van der Waals surface area contributed by atoms with Crippen molar-refractivity contribution >= 4 is 5.91 Å². The van der Waals surface area contributed by atoms with Crippen LogP contribution >= 0.6 is 0 Å². The number of carbonyl (C=O) groups is 1. The molecular formula is C18H24N2O. The van der Waals surface area contributed by atoms with Crippen LogP contribution in [0, 0.1) is 17.2 Å². The minimum atomic E-state index is -0.337. The minimum absolute atomic E-state index is 0.0131. The highest BCUT2D eigenvalue weighted by Gasteiger charge is 2.27. The first-order chi connectivity index (χ1) is 10.3. The molecule has 1 aromatic carbocycles. The van der Waals surface area contributed by atoms with Crippen molar-refractivity contribution in [1.82, 2.24) is 5.32 Å². The van der Waals surface area contributed by atoms with E-state index in [1.165, 1.54) is 19.3 Å². The number of hydrogen-bond acceptors (Lipinski definition) is 2. The minimum Gasteiger partial charge on any atom is -0.340 e. The summed E-state index contributed by atoms with van der Waals surface area (Å²) in [6.07, 6.45) is 6.47. The Labute approximate surface area is 127 Å². The van der Waals surface area contributed by atoms with E-state index in [9.17, 15) is 10.1 Å². The van der Waals surface area contributed by atoms with E-state index < -0.39 is 0 Å². The van der Waals surface area contributed by atoms with Gasteiger partial charge in [-0.1, -0.05) is 56.5 Å². The van der Waals surface area contributed by atoms with Crippen LogP contribution in [-0.2, 0) is 4.79 Å². The molecule has 3 nitrogen and oxygen atoms in total. The van der Waals surface area contributed by atoms with E-state index in [1.54, 1.807) is 0 Å². The van der Waals surface area contributed by atoms with Crippen molar-refractivity contribution in [3.63, 3.8) is 0 Å². The Morgan fingerprint density at radius 1 is 1.29 bits per heavy atom. The van der Waals surface area contributed by atoms with Crippen LogP contribution in [0.1, 0.15) is 56.9 Å². The van der Waals surface area contributed by atoms with Crippen LogP contribution in [0.5, 0.6) is 0 Å². The van der Waals surface area contributed by atoms with Crippen LogP contribution in [0.25, 0.3) is 0 Å². The molecule has 1 aromatic rings. The van der Waals surface area contributed by atoms with Crippen LogP contribution in [0.2, 0.25) is 0 Å². The Morgan fingerprint density at radius 3 is 2.52 bits per heavy atom. The molecule has 2 unspecified atom stereocenters. The van der Waals surface area contributed by atoms with E-state index in [-0.39, 0.29) is 17.9 Å². The van der Waals surface area contributed by atoms with Gasteiger partial charge in [-0.2, -0.15) is 5.26 Å². The summed E-state index contributed by atoms with van der Waals surface area (Å²) in [5, 5.41) is 12.4. The highest BCUT2D eigenvalue weighted by molar-refractivity contribution is 5.84. The van der Waals surface area contributed by atoms with E-state index >= 15 is 0 Å². The van der Waals surface area contributed by atoms with Gasteiger partial charge in [0.15, 0.2) is 0 Å². The summed E-state index contributed by atoms with van der Waals surface area (Å²) in [5.74, 6) is 0.146. The summed E-state index contributed by atoms with van der Waals surface area (Å²) in [6, 6.07) is 11.8. The zero-order chi connectivity index (χ0) is 15.1. The zero-order valence-electron chi connectivity index (χ0n) is 12.7. The normalized spacial score (nSPS) is 18.5. The van der Waals surface area contributed by atoms with Crippen LogP contribution in [0.3, 0.4) is 0 Å². The smallest absolute Gasteiger partial charge is 0.228 e. The molecule has 0 aliphatic heterocycles. The predicted molar refractivity (Wildman–Crippen MR) is 83.6 cm³/mol. The Balaban J connectivity index is 2.02. The molecule has 1 aliphatic rings. The first kappa shape index (κ1) is 15.6. The first-order valence-electron chi connectivity index (χ1n) is 8.01. The van der Waals surface area contributed by atoms with Gasteiger partial charge in [-0.05, 0) is 30.7 Å². The van der Waals surface area contributed by atoms with Gasteiger partial charge >= 0.3 is 0 Å². The predicted octanol–water partition coefficient (Wildman–Crippen LogP) is 3.77. The number of nitrogens with zero attached hydrogens (tertiary/aromatic N) is 1. The fourth-order valence-corrected chi connectivity index (χ4v) is 3.23. The Kier molecular flexibility index (Phi) is 5.80. The molecule has 21 heavy (non-hydrogen) atoms. The molecule has 3 heteroatoms. The zero-order valence-corrected chi connectivity index (χ0v) is 12.7. The molecule has 0 radical (unpaired) electrons. The molecular weight excluding hydrogens is 260 g/mol. The largest absolute Gasteiger partial charge is 0.340 e. The molecule has 0 aromatic heterocycles. The average Bonchev–Trinajstić information content (AvgIpc) is 2.55. The number of nitrogens with one attached hydrogen (secondary N) is 1. The maximum atomic E-state index is 12.5. The van der Waals surface area contributed by atoms with Crippen LogP contribution in [-0.4, -0.2) is 11.9 Å². The fourth-order valence-electron chi connectivity index (χ4n) is 3.23. The van der Waals surface area contributed by atoms with Crippen molar-refractivity contribution < 1.29 is 4.79 Å². The SMILES string of the molecule is CCC(C(=O)NC(C#N)C1CCCCC1)c1ccccc1. The van der Waals surface area contributed by atoms with Gasteiger partial charge < -0.3 is 5.32 Å². The van der Waals surface area contributed by atoms with E-state index in [4.69, 9.17) is 0 Å². The summed E-state index contributed by atoms with van der Waals surface area (Å²) < 4.78 is 0. The number of nitriles is 1. The van der Waals surface area contributed by atoms with Crippen molar-refractivity contribution in [3.05, 3.63) is 35.9 Å². The van der Waals surface area contributed by atoms with E-state index in [2.05, 4.69) is 11.4 Å². The van der Waals surface area contributed by atoms with Crippen molar-refractivity contribution in [2.45, 2.75) is 57.4 Å². The van der Waals surface area contributed by atoms with Crippen LogP contribution in [0.15, 0.2) is 30.3 Å². The lowest BCUT2D eigenvalue weighted by molar-refractivity contribution is -0.123. The Morgan fingerprint density at radius 2 is 1.95 bits per heavy atom. The van der Waals surface area contributed by atoms with Crippen LogP contribution in [0.4, 0.5) is 0 Å². The molecule has 1 aliphatic carbocycles. The molecule has 1 saturated carbocycles. The second-order valence-electron chi connectivity index (χ2n) is 5.88. The number of rotatable bonds is 5. The summed E-state index contributed by atoms with van der Waals surface area (Å²) >= 11 is 0. The molecule has 1 amide bonds. The monoisotopic (exact) mass is 284 g/mol. The standard InChI is InChI=1S/C18H24N2O/c1-2-16(14-9-5-3-6-10-14)18(21)20-17(13-19)15-11-7-4-8-12-15/h3,5-6,9-10,15-17H,2,4,7-8,11-12H2,1H3,(H,20,21). The summed E-state index contributed by atoms with van der Waals surface area (Å²) in [4.78, 5) is 12.5. The highest BCUT2D eigenvalue weighted by Crippen LogP contribution is 2.27. The van der Waals surface area contributed by atoms with Gasteiger partial charge in [-0.3, -0.25) is 4.79 Å². The molecule has 2 rings (SSSR count). The Bertz CT molecular complexity index is 486. The Hall–Kier alpha value is -1.82. The number of benzene rings is 1. The van der Waals surface area contributed by atoms with Gasteiger partial charge in [0.2, 0.25) is 5.91 Å². The maximum absolute atomic E-state index is 12.5. The van der Waals surface area contributed by atoms with Crippen molar-refractivity contribution in [1.29, 1.82) is 5.26 Å². The van der Waals surface area contributed by atoms with E-state index in [0.717, 1.165) is 24.8 Å². The van der Waals surface area contributed by atoms with Gasteiger partial charge in [0.1, 0.15) is 6.04 Å².